The van der Waals surface area contributed by atoms with Crippen LogP contribution in [-0.4, -0.2) is 17.1 Å². The Morgan fingerprint density at radius 2 is 2.28 bits per heavy atom. The topological polar surface area (TPSA) is 55.0 Å². The van der Waals surface area contributed by atoms with Crippen LogP contribution in [0, 0.1) is 0 Å². The molecule has 1 aromatic heterocycles. The Bertz CT molecular complexity index is 679. The van der Waals surface area contributed by atoms with Crippen LogP contribution in [0.5, 0.6) is 0 Å². The standard InChI is InChI=1S/C14H14N2O2/c1-18-13(10-3-4-10)7-9-2-5-11-12(6-9)16-14(17)8-15-11/h2,5-6,8H,3-4,7H2,1H3,(H,16,17). The molecule has 18 heavy (non-hydrogen) atoms. The molecule has 0 amide bonds. The molecule has 0 unspecified atom stereocenters. The summed E-state index contributed by atoms with van der Waals surface area (Å²) < 4.78 is 5.41. The van der Waals surface area contributed by atoms with E-state index >= 15 is 0 Å². The minimum atomic E-state index is -0.174. The molecule has 1 aliphatic rings. The number of fused-ring (bicyclic) bond motifs is 1. The van der Waals surface area contributed by atoms with Crippen molar-refractivity contribution in [3.05, 3.63) is 51.6 Å². The van der Waals surface area contributed by atoms with E-state index in [4.69, 9.17) is 4.74 Å². The molecule has 1 heterocycles. The van der Waals surface area contributed by atoms with Gasteiger partial charge in [-0.3, -0.25) is 4.79 Å². The lowest BCUT2D eigenvalue weighted by molar-refractivity contribution is 0.281. The van der Waals surface area contributed by atoms with Crippen LogP contribution in [0.25, 0.3) is 11.0 Å². The molecule has 1 aliphatic carbocycles. The van der Waals surface area contributed by atoms with E-state index in [9.17, 15) is 4.79 Å². The second-order valence-corrected chi connectivity index (χ2v) is 4.51. The average Bonchev–Trinajstić information content (AvgIpc) is 3.19. The number of benzene rings is 1. The van der Waals surface area contributed by atoms with Crippen LogP contribution in [0.2, 0.25) is 0 Å². The number of aromatic nitrogens is 2. The molecule has 1 N–H and O–H groups in total. The van der Waals surface area contributed by atoms with Crippen LogP contribution < -0.4 is 5.56 Å². The first kappa shape index (κ1) is 11.0. The Balaban J connectivity index is 1.98. The zero-order valence-corrected chi connectivity index (χ0v) is 10.2. The highest BCUT2D eigenvalue weighted by Crippen LogP contribution is 2.33. The van der Waals surface area contributed by atoms with E-state index in [1.807, 2.05) is 18.2 Å². The van der Waals surface area contributed by atoms with Gasteiger partial charge in [-0.25, -0.2) is 4.98 Å². The Kier molecular flexibility index (Phi) is 2.63. The number of hydrogen-bond acceptors (Lipinski definition) is 3. The molecule has 0 saturated heterocycles. The van der Waals surface area contributed by atoms with Crippen LogP contribution >= 0.6 is 0 Å². The van der Waals surface area contributed by atoms with Gasteiger partial charge in [0.05, 0.1) is 30.1 Å². The summed E-state index contributed by atoms with van der Waals surface area (Å²) >= 11 is 0. The van der Waals surface area contributed by atoms with Gasteiger partial charge in [0, 0.05) is 6.42 Å². The van der Waals surface area contributed by atoms with Gasteiger partial charge in [-0.05, 0) is 36.1 Å². The van der Waals surface area contributed by atoms with Gasteiger partial charge in [-0.1, -0.05) is 6.07 Å². The average molecular weight is 242 g/mol. The number of nitrogens with one attached hydrogen (secondary N) is 1. The largest absolute Gasteiger partial charge is 0.501 e. The molecule has 2 aromatic rings. The summed E-state index contributed by atoms with van der Waals surface area (Å²) in [6.07, 6.45) is 4.37. The predicted molar refractivity (Wildman–Crippen MR) is 69.3 cm³/mol. The number of ether oxygens (including phenoxy) is 1. The molecule has 1 saturated carbocycles. The SMILES string of the molecule is COC(Cc1ccc2ncc(=O)[nH]c2c1)=C1CC1. The van der Waals surface area contributed by atoms with Crippen molar-refractivity contribution in [3.63, 3.8) is 0 Å². The van der Waals surface area contributed by atoms with Gasteiger partial charge in [0.2, 0.25) is 0 Å². The molecule has 0 radical (unpaired) electrons. The number of allylic oxidation sites excluding steroid dienone is 2. The highest BCUT2D eigenvalue weighted by atomic mass is 16.5. The molecule has 4 heteroatoms. The fourth-order valence-electron chi connectivity index (χ4n) is 2.07. The lowest BCUT2D eigenvalue weighted by Gasteiger charge is -2.06. The summed E-state index contributed by atoms with van der Waals surface area (Å²) in [5, 5.41) is 0. The molecule has 0 bridgehead atoms. The normalized spacial score (nSPS) is 13.7. The van der Waals surface area contributed by atoms with Crippen molar-refractivity contribution in [1.82, 2.24) is 9.97 Å². The molecule has 0 spiro atoms. The van der Waals surface area contributed by atoms with Gasteiger partial charge in [0.1, 0.15) is 0 Å². The van der Waals surface area contributed by atoms with E-state index in [0.29, 0.717) is 0 Å². The quantitative estimate of drug-likeness (QED) is 0.839. The second kappa shape index (κ2) is 4.29. The maximum Gasteiger partial charge on any atom is 0.266 e. The first-order valence-electron chi connectivity index (χ1n) is 5.99. The van der Waals surface area contributed by atoms with Crippen molar-refractivity contribution in [3.8, 4) is 0 Å². The molecule has 92 valence electrons. The summed E-state index contributed by atoms with van der Waals surface area (Å²) in [6.45, 7) is 0. The van der Waals surface area contributed by atoms with Crippen LogP contribution in [0.4, 0.5) is 0 Å². The van der Waals surface area contributed by atoms with E-state index < -0.39 is 0 Å². The maximum atomic E-state index is 11.2. The predicted octanol–water partition coefficient (Wildman–Crippen LogP) is 2.16. The zero-order valence-electron chi connectivity index (χ0n) is 10.2. The molecule has 0 aliphatic heterocycles. The minimum absolute atomic E-state index is 0.174. The maximum absolute atomic E-state index is 11.2. The molecule has 1 fully saturated rings. The molecule has 4 nitrogen and oxygen atoms in total. The Hall–Kier alpha value is -2.10. The van der Waals surface area contributed by atoms with Gasteiger partial charge in [0.15, 0.2) is 0 Å². The smallest absolute Gasteiger partial charge is 0.266 e. The monoisotopic (exact) mass is 242 g/mol. The van der Waals surface area contributed by atoms with Crippen LogP contribution in [0.3, 0.4) is 0 Å². The van der Waals surface area contributed by atoms with Crippen LogP contribution in [0.1, 0.15) is 18.4 Å². The third-order valence-electron chi connectivity index (χ3n) is 3.15. The van der Waals surface area contributed by atoms with Gasteiger partial charge in [0.25, 0.3) is 5.56 Å². The number of hydrogen-bond donors (Lipinski definition) is 1. The third kappa shape index (κ3) is 2.14. The van der Waals surface area contributed by atoms with E-state index in [0.717, 1.165) is 41.6 Å². The van der Waals surface area contributed by atoms with Crippen LogP contribution in [-0.2, 0) is 11.2 Å². The molecule has 3 rings (SSSR count). The van der Waals surface area contributed by atoms with E-state index in [1.165, 1.54) is 11.8 Å². The summed E-state index contributed by atoms with van der Waals surface area (Å²) in [7, 11) is 1.71. The van der Waals surface area contributed by atoms with Crippen LogP contribution in [0.15, 0.2) is 40.5 Å². The molecular weight excluding hydrogens is 228 g/mol. The first-order chi connectivity index (χ1) is 8.76. The summed E-state index contributed by atoms with van der Waals surface area (Å²) in [6, 6.07) is 5.91. The van der Waals surface area contributed by atoms with Crippen molar-refractivity contribution >= 4 is 11.0 Å². The van der Waals surface area contributed by atoms with E-state index in [2.05, 4.69) is 9.97 Å². The fraction of sp³-hybridized carbons (Fsp3) is 0.286. The second-order valence-electron chi connectivity index (χ2n) is 4.51. The molecular formula is C14H14N2O2. The molecule has 0 atom stereocenters. The van der Waals surface area contributed by atoms with Gasteiger partial charge >= 0.3 is 0 Å². The summed E-state index contributed by atoms with van der Waals surface area (Å²) in [5.74, 6) is 1.06. The minimum Gasteiger partial charge on any atom is -0.501 e. The van der Waals surface area contributed by atoms with Crippen molar-refractivity contribution < 1.29 is 4.74 Å². The zero-order chi connectivity index (χ0) is 12.5. The summed E-state index contributed by atoms with van der Waals surface area (Å²) in [4.78, 5) is 18.1. The van der Waals surface area contributed by atoms with Crippen molar-refractivity contribution in [2.24, 2.45) is 0 Å². The van der Waals surface area contributed by atoms with Crippen molar-refractivity contribution in [2.45, 2.75) is 19.3 Å². The highest BCUT2D eigenvalue weighted by Gasteiger charge is 2.18. The third-order valence-corrected chi connectivity index (χ3v) is 3.15. The number of rotatable bonds is 3. The van der Waals surface area contributed by atoms with Gasteiger partial charge in [-0.2, -0.15) is 0 Å². The number of H-pyrrole nitrogens is 1. The fourth-order valence-corrected chi connectivity index (χ4v) is 2.07. The lowest BCUT2D eigenvalue weighted by atomic mass is 10.1. The van der Waals surface area contributed by atoms with E-state index in [1.54, 1.807) is 7.11 Å². The number of nitrogens with zero attached hydrogens (tertiary/aromatic N) is 1. The van der Waals surface area contributed by atoms with Crippen molar-refractivity contribution in [2.75, 3.05) is 7.11 Å². The van der Waals surface area contributed by atoms with Crippen molar-refractivity contribution in [1.29, 1.82) is 0 Å². The summed E-state index contributed by atoms with van der Waals surface area (Å²) in [5.41, 5.74) is 3.93. The molecule has 1 aromatic carbocycles. The lowest BCUT2D eigenvalue weighted by Crippen LogP contribution is -2.05. The highest BCUT2D eigenvalue weighted by molar-refractivity contribution is 5.74. The van der Waals surface area contributed by atoms with Gasteiger partial charge in [-0.15, -0.1) is 0 Å². The first-order valence-corrected chi connectivity index (χ1v) is 5.99. The van der Waals surface area contributed by atoms with Gasteiger partial charge < -0.3 is 9.72 Å². The van der Waals surface area contributed by atoms with E-state index in [-0.39, 0.29) is 5.56 Å². The number of methoxy groups -OCH3 is 1. The Labute approximate surface area is 104 Å². The Morgan fingerprint density at radius 3 is 3.00 bits per heavy atom. The Morgan fingerprint density at radius 1 is 1.44 bits per heavy atom. The number of aromatic amines is 1.